The molecule has 0 amide bonds. The van der Waals surface area contributed by atoms with Gasteiger partial charge in [-0.2, -0.15) is 11.8 Å². The van der Waals surface area contributed by atoms with Gasteiger partial charge in [0.05, 0.1) is 5.01 Å². The number of guanidine groups is 1. The third kappa shape index (κ3) is 7.47. The number of aryl methyl sites for hydroxylation is 1. The molecule has 1 fully saturated rings. The molecule has 0 bridgehead atoms. The highest BCUT2D eigenvalue weighted by atomic mass is 127. The number of rotatable bonds is 7. The van der Waals surface area contributed by atoms with Crippen molar-refractivity contribution in [2.24, 2.45) is 4.99 Å². The lowest BCUT2D eigenvalue weighted by molar-refractivity contribution is 0.419. The lowest BCUT2D eigenvalue weighted by Crippen LogP contribution is -2.46. The Morgan fingerprint density at radius 3 is 2.92 bits per heavy atom. The highest BCUT2D eigenvalue weighted by Gasteiger charge is 2.22. The molecule has 2 unspecified atom stereocenters. The second-order valence-electron chi connectivity index (χ2n) is 5.91. The van der Waals surface area contributed by atoms with Crippen LogP contribution in [0.4, 0.5) is 0 Å². The van der Waals surface area contributed by atoms with Gasteiger partial charge in [0.25, 0.3) is 0 Å². The zero-order valence-corrected chi connectivity index (χ0v) is 19.0. The maximum Gasteiger partial charge on any atom is 0.191 e. The van der Waals surface area contributed by atoms with Crippen molar-refractivity contribution >= 4 is 53.0 Å². The molecule has 2 N–H and O–H groups in total. The Labute approximate surface area is 172 Å². The minimum absolute atomic E-state index is 0. The van der Waals surface area contributed by atoms with E-state index in [2.05, 4.69) is 46.2 Å². The first-order chi connectivity index (χ1) is 11.2. The van der Waals surface area contributed by atoms with E-state index in [-0.39, 0.29) is 24.0 Å². The van der Waals surface area contributed by atoms with Crippen molar-refractivity contribution < 1.29 is 0 Å². The molecule has 1 saturated carbocycles. The summed E-state index contributed by atoms with van der Waals surface area (Å²) in [4.78, 5) is 10.2. The van der Waals surface area contributed by atoms with Crippen molar-refractivity contribution in [3.8, 4) is 0 Å². The van der Waals surface area contributed by atoms with E-state index >= 15 is 0 Å². The van der Waals surface area contributed by atoms with E-state index in [1.807, 2.05) is 24.6 Å². The first kappa shape index (κ1) is 22.0. The van der Waals surface area contributed by atoms with Crippen LogP contribution in [0.5, 0.6) is 0 Å². The molecule has 2 rings (SSSR count). The van der Waals surface area contributed by atoms with Crippen LogP contribution in [0.3, 0.4) is 0 Å². The smallest absolute Gasteiger partial charge is 0.191 e. The number of thioether (sulfide) groups is 1. The lowest BCUT2D eigenvalue weighted by Gasteiger charge is -2.30. The number of hydrogen-bond acceptors (Lipinski definition) is 4. The van der Waals surface area contributed by atoms with Crippen molar-refractivity contribution in [3.05, 3.63) is 16.1 Å². The predicted molar refractivity (Wildman–Crippen MR) is 119 cm³/mol. The summed E-state index contributed by atoms with van der Waals surface area (Å²) in [6.45, 7) is 5.32. The summed E-state index contributed by atoms with van der Waals surface area (Å²) < 4.78 is 0. The second kappa shape index (κ2) is 12.4. The van der Waals surface area contributed by atoms with Crippen LogP contribution in [-0.2, 0) is 12.8 Å². The SMILES string of the molecule is CCSC1CCCC(NC(=NC)NCCc2ncc(CC)s2)C1.I. The van der Waals surface area contributed by atoms with Crippen LogP contribution >= 0.6 is 47.1 Å². The Hall–Kier alpha value is -0.0200. The van der Waals surface area contributed by atoms with Gasteiger partial charge in [-0.25, -0.2) is 4.98 Å². The van der Waals surface area contributed by atoms with Crippen LogP contribution in [0.25, 0.3) is 0 Å². The molecule has 2 atom stereocenters. The van der Waals surface area contributed by atoms with Crippen LogP contribution in [0.2, 0.25) is 0 Å². The van der Waals surface area contributed by atoms with Gasteiger partial charge in [0, 0.05) is 42.4 Å². The zero-order valence-electron chi connectivity index (χ0n) is 15.0. The van der Waals surface area contributed by atoms with Crippen molar-refractivity contribution in [1.82, 2.24) is 15.6 Å². The summed E-state index contributed by atoms with van der Waals surface area (Å²) in [7, 11) is 1.86. The van der Waals surface area contributed by atoms with E-state index in [9.17, 15) is 0 Å². The molecule has 1 aliphatic carbocycles. The molecule has 7 heteroatoms. The molecule has 1 aliphatic rings. The van der Waals surface area contributed by atoms with Crippen molar-refractivity contribution in [2.45, 2.75) is 63.7 Å². The molecule has 1 aromatic heterocycles. The number of hydrogen-bond donors (Lipinski definition) is 2. The van der Waals surface area contributed by atoms with Crippen LogP contribution in [0.15, 0.2) is 11.2 Å². The van der Waals surface area contributed by atoms with E-state index in [0.29, 0.717) is 6.04 Å². The monoisotopic (exact) mass is 482 g/mol. The van der Waals surface area contributed by atoms with E-state index in [0.717, 1.165) is 30.6 Å². The van der Waals surface area contributed by atoms with E-state index in [1.165, 1.54) is 41.3 Å². The fourth-order valence-corrected chi connectivity index (χ4v) is 5.00. The Bertz CT molecular complexity index is 491. The van der Waals surface area contributed by atoms with Crippen molar-refractivity contribution in [2.75, 3.05) is 19.3 Å². The Morgan fingerprint density at radius 1 is 1.42 bits per heavy atom. The fraction of sp³-hybridized carbons (Fsp3) is 0.765. The first-order valence-corrected chi connectivity index (χ1v) is 10.6. The van der Waals surface area contributed by atoms with Gasteiger partial charge in [-0.3, -0.25) is 4.99 Å². The number of aromatic nitrogens is 1. The normalized spacial score (nSPS) is 21.2. The fourth-order valence-electron chi connectivity index (χ4n) is 2.97. The van der Waals surface area contributed by atoms with Gasteiger partial charge in [0.2, 0.25) is 0 Å². The average Bonchev–Trinajstić information content (AvgIpc) is 3.02. The third-order valence-electron chi connectivity index (χ3n) is 4.17. The highest BCUT2D eigenvalue weighted by molar-refractivity contribution is 14.0. The zero-order chi connectivity index (χ0) is 16.5. The predicted octanol–water partition coefficient (Wildman–Crippen LogP) is 4.10. The minimum Gasteiger partial charge on any atom is -0.356 e. The van der Waals surface area contributed by atoms with Gasteiger partial charge in [0.15, 0.2) is 5.96 Å². The number of nitrogens with one attached hydrogen (secondary N) is 2. The topological polar surface area (TPSA) is 49.3 Å². The van der Waals surface area contributed by atoms with Gasteiger partial charge >= 0.3 is 0 Å². The summed E-state index contributed by atoms with van der Waals surface area (Å²) in [6, 6.07) is 0.561. The Kier molecular flexibility index (Phi) is 11.3. The molecule has 4 nitrogen and oxygen atoms in total. The molecule has 0 radical (unpaired) electrons. The summed E-state index contributed by atoms with van der Waals surface area (Å²) in [5.41, 5.74) is 0. The summed E-state index contributed by atoms with van der Waals surface area (Å²) in [6.07, 6.45) is 9.25. The summed E-state index contributed by atoms with van der Waals surface area (Å²) in [5, 5.41) is 9.07. The van der Waals surface area contributed by atoms with Crippen molar-refractivity contribution in [1.29, 1.82) is 0 Å². The highest BCUT2D eigenvalue weighted by Crippen LogP contribution is 2.28. The molecule has 0 aliphatic heterocycles. The maximum atomic E-state index is 4.47. The molecule has 138 valence electrons. The molecule has 0 spiro atoms. The second-order valence-corrected chi connectivity index (χ2v) is 8.69. The first-order valence-electron chi connectivity index (χ1n) is 8.77. The molecular formula is C17H31IN4S2. The van der Waals surface area contributed by atoms with Crippen molar-refractivity contribution in [3.63, 3.8) is 0 Å². The maximum absolute atomic E-state index is 4.47. The van der Waals surface area contributed by atoms with Crippen LogP contribution < -0.4 is 10.6 Å². The number of thiazole rings is 1. The number of aliphatic imine (C=N–C) groups is 1. The number of halogens is 1. The minimum atomic E-state index is 0. The number of nitrogens with zero attached hydrogens (tertiary/aromatic N) is 2. The van der Waals surface area contributed by atoms with Gasteiger partial charge < -0.3 is 10.6 Å². The third-order valence-corrected chi connectivity index (χ3v) is 6.61. The van der Waals surface area contributed by atoms with Gasteiger partial charge in [-0.15, -0.1) is 35.3 Å². The van der Waals surface area contributed by atoms with E-state index in [1.54, 1.807) is 0 Å². The van der Waals surface area contributed by atoms with Gasteiger partial charge in [-0.1, -0.05) is 20.3 Å². The quantitative estimate of drug-likeness (QED) is 0.349. The largest absolute Gasteiger partial charge is 0.356 e. The van der Waals surface area contributed by atoms with Crippen LogP contribution in [-0.4, -0.2) is 41.6 Å². The molecule has 24 heavy (non-hydrogen) atoms. The van der Waals surface area contributed by atoms with Gasteiger partial charge in [-0.05, 0) is 31.4 Å². The van der Waals surface area contributed by atoms with E-state index < -0.39 is 0 Å². The molecular weight excluding hydrogens is 451 g/mol. The standard InChI is InChI=1S/C17H30N4S2.HI/c1-4-14-12-20-16(23-14)9-10-19-17(18-3)21-13-7-6-8-15(11-13)22-5-2;/h12-13,15H,4-11H2,1-3H3,(H2,18,19,21);1H. The Morgan fingerprint density at radius 2 is 2.25 bits per heavy atom. The van der Waals surface area contributed by atoms with Gasteiger partial charge in [0.1, 0.15) is 0 Å². The van der Waals surface area contributed by atoms with Crippen LogP contribution in [0, 0.1) is 0 Å². The lowest BCUT2D eigenvalue weighted by atomic mass is 9.95. The molecule has 0 saturated heterocycles. The molecule has 0 aromatic carbocycles. The van der Waals surface area contributed by atoms with Crippen LogP contribution in [0.1, 0.15) is 49.4 Å². The Balaban J connectivity index is 0.00000288. The summed E-state index contributed by atoms with van der Waals surface area (Å²) >= 11 is 3.92. The summed E-state index contributed by atoms with van der Waals surface area (Å²) in [5.74, 6) is 2.15. The molecule has 1 aromatic rings. The van der Waals surface area contributed by atoms with E-state index in [4.69, 9.17) is 0 Å². The average molecular weight is 483 g/mol. The molecule has 1 heterocycles.